The first-order valence-electron chi connectivity index (χ1n) is 9.04. The smallest absolute Gasteiger partial charge is 0.249 e. The van der Waals surface area contributed by atoms with Crippen LogP contribution < -0.4 is 10.1 Å². The molecule has 0 bridgehead atoms. The van der Waals surface area contributed by atoms with Crippen molar-refractivity contribution in [2.24, 2.45) is 0 Å². The van der Waals surface area contributed by atoms with Crippen LogP contribution in [0, 0.1) is 0 Å². The molecule has 2 amide bonds. The maximum absolute atomic E-state index is 12.5. The number of morpholine rings is 1. The second kappa shape index (κ2) is 8.86. The van der Waals surface area contributed by atoms with E-state index in [9.17, 15) is 14.7 Å². The Balaban J connectivity index is 1.79. The predicted molar refractivity (Wildman–Crippen MR) is 104 cm³/mol. The second-order valence-electron chi connectivity index (χ2n) is 6.65. The summed E-state index contributed by atoms with van der Waals surface area (Å²) in [5.41, 5.74) is 2.45. The number of nitrogens with zero attached hydrogens (tertiary/aromatic N) is 1. The zero-order chi connectivity index (χ0) is 20.1. The molecule has 2 unspecified atom stereocenters. The van der Waals surface area contributed by atoms with Crippen molar-refractivity contribution in [3.63, 3.8) is 0 Å². The second-order valence-corrected chi connectivity index (χ2v) is 6.65. The number of anilines is 1. The topological polar surface area (TPSA) is 88.1 Å². The van der Waals surface area contributed by atoms with E-state index >= 15 is 0 Å². The molecule has 0 radical (unpaired) electrons. The summed E-state index contributed by atoms with van der Waals surface area (Å²) in [6.07, 6.45) is -0.452. The number of aliphatic hydroxyl groups excluding tert-OH is 1. The van der Waals surface area contributed by atoms with E-state index in [2.05, 4.69) is 5.32 Å². The first kappa shape index (κ1) is 19.9. The lowest BCUT2D eigenvalue weighted by Crippen LogP contribution is -2.52. The Morgan fingerprint density at radius 2 is 1.89 bits per heavy atom. The van der Waals surface area contributed by atoms with Crippen LogP contribution in [0.5, 0.6) is 5.75 Å². The largest absolute Gasteiger partial charge is 0.497 e. The number of rotatable bonds is 6. The molecule has 148 valence electrons. The zero-order valence-electron chi connectivity index (χ0n) is 15.9. The highest BCUT2D eigenvalue weighted by Crippen LogP contribution is 2.31. The first-order valence-corrected chi connectivity index (χ1v) is 9.04. The van der Waals surface area contributed by atoms with Crippen LogP contribution in [-0.4, -0.2) is 48.2 Å². The fourth-order valence-corrected chi connectivity index (χ4v) is 3.31. The van der Waals surface area contributed by atoms with Crippen molar-refractivity contribution in [1.82, 2.24) is 4.90 Å². The summed E-state index contributed by atoms with van der Waals surface area (Å²) >= 11 is 0. The Hall–Kier alpha value is -2.90. The maximum atomic E-state index is 12.5. The van der Waals surface area contributed by atoms with E-state index in [0.717, 1.165) is 16.9 Å². The van der Waals surface area contributed by atoms with Gasteiger partial charge in [0.15, 0.2) is 0 Å². The van der Waals surface area contributed by atoms with Gasteiger partial charge in [0.05, 0.1) is 19.8 Å². The minimum Gasteiger partial charge on any atom is -0.497 e. The molecule has 7 nitrogen and oxygen atoms in total. The molecule has 28 heavy (non-hydrogen) atoms. The predicted octanol–water partition coefficient (Wildman–Crippen LogP) is 2.11. The summed E-state index contributed by atoms with van der Waals surface area (Å²) in [5, 5.41) is 12.7. The summed E-state index contributed by atoms with van der Waals surface area (Å²) in [7, 11) is 1.60. The molecular formula is C21H24N2O5. The van der Waals surface area contributed by atoms with Crippen LogP contribution in [0.3, 0.4) is 0 Å². The molecule has 2 N–H and O–H groups in total. The van der Waals surface area contributed by atoms with E-state index < -0.39 is 12.1 Å². The number of amides is 2. The number of ether oxygens (including phenoxy) is 2. The van der Waals surface area contributed by atoms with Crippen molar-refractivity contribution in [3.05, 3.63) is 59.7 Å². The van der Waals surface area contributed by atoms with Crippen LogP contribution in [0.1, 0.15) is 24.2 Å². The summed E-state index contributed by atoms with van der Waals surface area (Å²) in [6.45, 7) is 1.55. The average molecular weight is 384 g/mol. The van der Waals surface area contributed by atoms with Gasteiger partial charge < -0.3 is 24.8 Å². The summed E-state index contributed by atoms with van der Waals surface area (Å²) in [4.78, 5) is 25.3. The summed E-state index contributed by atoms with van der Waals surface area (Å²) < 4.78 is 10.9. The van der Waals surface area contributed by atoms with Gasteiger partial charge in [-0.3, -0.25) is 9.59 Å². The highest BCUT2D eigenvalue weighted by molar-refractivity contribution is 5.88. The lowest BCUT2D eigenvalue weighted by atomic mass is 9.98. The van der Waals surface area contributed by atoms with Crippen molar-refractivity contribution in [3.8, 4) is 5.75 Å². The molecule has 1 fully saturated rings. The van der Waals surface area contributed by atoms with Gasteiger partial charge in [-0.25, -0.2) is 0 Å². The lowest BCUT2D eigenvalue weighted by Gasteiger charge is -2.40. The van der Waals surface area contributed by atoms with Gasteiger partial charge in [0.25, 0.3) is 0 Å². The Labute approximate surface area is 163 Å². The van der Waals surface area contributed by atoms with E-state index in [0.29, 0.717) is 12.2 Å². The van der Waals surface area contributed by atoms with E-state index in [1.165, 1.54) is 6.92 Å². The Kier molecular flexibility index (Phi) is 6.28. The molecule has 0 saturated carbocycles. The molecule has 1 heterocycles. The van der Waals surface area contributed by atoms with E-state index in [-0.39, 0.29) is 25.0 Å². The standard InChI is InChI=1S/C21H24N2O5/c1-14(25)22-17-7-5-16(6-8-17)21-19(12-24)23(20(26)13-28-21)11-15-3-9-18(27-2)10-4-15/h3-10,19,21,24H,11-13H2,1-2H3,(H,22,25). The number of carbonyl (C=O) groups is 2. The molecule has 0 aliphatic carbocycles. The lowest BCUT2D eigenvalue weighted by molar-refractivity contribution is -0.162. The summed E-state index contributed by atoms with van der Waals surface area (Å²) in [6, 6.07) is 14.2. The van der Waals surface area contributed by atoms with Crippen molar-refractivity contribution in [1.29, 1.82) is 0 Å². The molecule has 0 spiro atoms. The van der Waals surface area contributed by atoms with Crippen molar-refractivity contribution < 1.29 is 24.2 Å². The third kappa shape index (κ3) is 4.49. The van der Waals surface area contributed by atoms with E-state index in [1.54, 1.807) is 24.1 Å². The number of benzene rings is 2. The fourth-order valence-electron chi connectivity index (χ4n) is 3.31. The highest BCUT2D eigenvalue weighted by atomic mass is 16.5. The molecule has 2 aromatic carbocycles. The third-order valence-corrected chi connectivity index (χ3v) is 4.72. The summed E-state index contributed by atoms with van der Waals surface area (Å²) in [5.74, 6) is 0.431. The average Bonchev–Trinajstić information content (AvgIpc) is 2.70. The molecule has 0 aromatic heterocycles. The van der Waals surface area contributed by atoms with Crippen LogP contribution in [-0.2, 0) is 20.9 Å². The van der Waals surface area contributed by atoms with Gasteiger partial charge in [0.1, 0.15) is 18.5 Å². The number of hydrogen-bond acceptors (Lipinski definition) is 5. The van der Waals surface area contributed by atoms with Gasteiger partial charge in [-0.1, -0.05) is 24.3 Å². The number of carbonyl (C=O) groups excluding carboxylic acids is 2. The van der Waals surface area contributed by atoms with Gasteiger partial charge in [0.2, 0.25) is 11.8 Å². The molecule has 2 atom stereocenters. The van der Waals surface area contributed by atoms with Gasteiger partial charge in [-0.2, -0.15) is 0 Å². The quantitative estimate of drug-likeness (QED) is 0.797. The third-order valence-electron chi connectivity index (χ3n) is 4.72. The number of nitrogens with one attached hydrogen (secondary N) is 1. The van der Waals surface area contributed by atoms with Gasteiger partial charge in [0, 0.05) is 19.2 Å². The van der Waals surface area contributed by atoms with Crippen molar-refractivity contribution in [2.75, 3.05) is 25.6 Å². The van der Waals surface area contributed by atoms with E-state index in [1.807, 2.05) is 36.4 Å². The molecule has 7 heteroatoms. The van der Waals surface area contributed by atoms with Crippen LogP contribution in [0.25, 0.3) is 0 Å². The van der Waals surface area contributed by atoms with Crippen LogP contribution in [0.15, 0.2) is 48.5 Å². The molecule has 2 aromatic rings. The van der Waals surface area contributed by atoms with Gasteiger partial charge in [-0.15, -0.1) is 0 Å². The number of aliphatic hydroxyl groups is 1. The van der Waals surface area contributed by atoms with Crippen LogP contribution in [0.4, 0.5) is 5.69 Å². The highest BCUT2D eigenvalue weighted by Gasteiger charge is 2.37. The Morgan fingerprint density at radius 3 is 2.46 bits per heavy atom. The number of methoxy groups -OCH3 is 1. The molecule has 1 aliphatic heterocycles. The van der Waals surface area contributed by atoms with E-state index in [4.69, 9.17) is 9.47 Å². The molecule has 1 saturated heterocycles. The minimum absolute atomic E-state index is 0.0508. The fraction of sp³-hybridized carbons (Fsp3) is 0.333. The molecule has 1 aliphatic rings. The minimum atomic E-state index is -0.505. The maximum Gasteiger partial charge on any atom is 0.249 e. The first-order chi connectivity index (χ1) is 13.5. The molecule has 3 rings (SSSR count). The van der Waals surface area contributed by atoms with Crippen LogP contribution >= 0.6 is 0 Å². The Bertz CT molecular complexity index is 820. The number of hydrogen-bond donors (Lipinski definition) is 2. The van der Waals surface area contributed by atoms with Crippen molar-refractivity contribution in [2.45, 2.75) is 25.6 Å². The van der Waals surface area contributed by atoms with Crippen molar-refractivity contribution >= 4 is 17.5 Å². The van der Waals surface area contributed by atoms with Crippen LogP contribution in [0.2, 0.25) is 0 Å². The monoisotopic (exact) mass is 384 g/mol. The Morgan fingerprint density at radius 1 is 1.21 bits per heavy atom. The van der Waals surface area contributed by atoms with Gasteiger partial charge >= 0.3 is 0 Å². The van der Waals surface area contributed by atoms with Gasteiger partial charge in [-0.05, 0) is 35.4 Å². The zero-order valence-corrected chi connectivity index (χ0v) is 15.9. The normalized spacial score (nSPS) is 19.4. The molecular weight excluding hydrogens is 360 g/mol. The SMILES string of the molecule is COc1ccc(CN2C(=O)COC(c3ccc(NC(C)=O)cc3)C2CO)cc1.